The van der Waals surface area contributed by atoms with E-state index in [-0.39, 0.29) is 0 Å². The van der Waals surface area contributed by atoms with Gasteiger partial charge in [0.1, 0.15) is 0 Å². The average molecular weight is 393 g/mol. The van der Waals surface area contributed by atoms with Crippen LogP contribution >= 0.6 is 0 Å². The number of hydrogen-bond acceptors (Lipinski definition) is 2. The van der Waals surface area contributed by atoms with Crippen molar-refractivity contribution in [2.24, 2.45) is 0 Å². The molecule has 0 N–H and O–H groups in total. The fourth-order valence-corrected chi connectivity index (χ4v) is 3.58. The highest BCUT2D eigenvalue weighted by Crippen LogP contribution is 2.27. The number of rotatable bonds is 7. The van der Waals surface area contributed by atoms with E-state index in [0.29, 0.717) is 0 Å². The zero-order valence-electron chi connectivity index (χ0n) is 17.7. The van der Waals surface area contributed by atoms with Crippen molar-refractivity contribution in [2.45, 2.75) is 26.9 Å². The lowest BCUT2D eigenvalue weighted by molar-refractivity contribution is 0.710. The highest BCUT2D eigenvalue weighted by molar-refractivity contribution is 5.59. The maximum absolute atomic E-state index is 2.38. The average Bonchev–Trinajstić information content (AvgIpc) is 2.79. The first-order valence-electron chi connectivity index (χ1n) is 10.5. The minimum absolute atomic E-state index is 0.796. The van der Waals surface area contributed by atoms with Crippen LogP contribution in [0.4, 0.5) is 11.4 Å². The van der Waals surface area contributed by atoms with Crippen LogP contribution in [0.2, 0.25) is 0 Å². The van der Waals surface area contributed by atoms with Crippen LogP contribution in [0, 0.1) is 13.8 Å². The predicted octanol–water partition coefficient (Wildman–Crippen LogP) is 6.93. The molecule has 150 valence electrons. The Morgan fingerprint density at radius 3 is 1.10 bits per heavy atom. The molecular formula is C28H28N2. The molecule has 0 aromatic heterocycles. The summed E-state index contributed by atoms with van der Waals surface area (Å²) >= 11 is 0. The lowest BCUT2D eigenvalue weighted by Crippen LogP contribution is -2.42. The van der Waals surface area contributed by atoms with Crippen molar-refractivity contribution < 1.29 is 0 Å². The maximum atomic E-state index is 2.38. The first kappa shape index (κ1) is 19.8. The quantitative estimate of drug-likeness (QED) is 0.315. The van der Waals surface area contributed by atoms with Crippen LogP contribution in [-0.2, 0) is 13.1 Å². The molecule has 4 aromatic rings. The van der Waals surface area contributed by atoms with Gasteiger partial charge in [0, 0.05) is 0 Å². The van der Waals surface area contributed by atoms with E-state index in [0.717, 1.165) is 13.1 Å². The first-order chi connectivity index (χ1) is 14.7. The van der Waals surface area contributed by atoms with Crippen molar-refractivity contribution in [3.63, 3.8) is 0 Å². The van der Waals surface area contributed by atoms with Crippen molar-refractivity contribution in [1.29, 1.82) is 0 Å². The van der Waals surface area contributed by atoms with E-state index < -0.39 is 0 Å². The number of nitrogens with zero attached hydrogens (tertiary/aromatic N) is 2. The van der Waals surface area contributed by atoms with Crippen LogP contribution in [0.25, 0.3) is 0 Å². The highest BCUT2D eigenvalue weighted by atomic mass is 15.6. The molecule has 4 aromatic carbocycles. The molecule has 0 radical (unpaired) electrons. The molecule has 0 unspecified atom stereocenters. The molecule has 30 heavy (non-hydrogen) atoms. The Labute approximate surface area is 180 Å². The summed E-state index contributed by atoms with van der Waals surface area (Å²) < 4.78 is 0. The van der Waals surface area contributed by atoms with Crippen molar-refractivity contribution in [3.8, 4) is 0 Å². The van der Waals surface area contributed by atoms with Gasteiger partial charge < -0.3 is 0 Å². The number of hydrazine groups is 1. The molecule has 0 fully saturated rings. The predicted molar refractivity (Wildman–Crippen MR) is 128 cm³/mol. The van der Waals surface area contributed by atoms with Gasteiger partial charge in [-0.15, -0.1) is 0 Å². The lowest BCUT2D eigenvalue weighted by atomic mass is 10.1. The van der Waals surface area contributed by atoms with Crippen molar-refractivity contribution in [2.75, 3.05) is 10.0 Å². The van der Waals surface area contributed by atoms with Crippen LogP contribution in [0.5, 0.6) is 0 Å². The van der Waals surface area contributed by atoms with E-state index in [9.17, 15) is 0 Å². The third kappa shape index (κ3) is 4.90. The fraction of sp³-hybridized carbons (Fsp3) is 0.143. The molecule has 0 bridgehead atoms. The van der Waals surface area contributed by atoms with Crippen LogP contribution in [-0.4, -0.2) is 0 Å². The molecule has 0 heterocycles. The smallest absolute Gasteiger partial charge is 0.0646 e. The van der Waals surface area contributed by atoms with E-state index in [4.69, 9.17) is 0 Å². The SMILES string of the molecule is Cc1ccc(N(Cc2ccccc2)N(Cc2ccccc2)c2ccc(C)cc2)cc1. The van der Waals surface area contributed by atoms with Crippen molar-refractivity contribution in [3.05, 3.63) is 131 Å². The molecule has 0 saturated heterocycles. The number of benzene rings is 4. The molecule has 0 spiro atoms. The minimum Gasteiger partial charge on any atom is -0.281 e. The van der Waals surface area contributed by atoms with Crippen LogP contribution in [0.15, 0.2) is 109 Å². The Morgan fingerprint density at radius 2 is 0.767 bits per heavy atom. The van der Waals surface area contributed by atoms with E-state index in [1.54, 1.807) is 0 Å². The molecule has 0 aliphatic carbocycles. The van der Waals surface area contributed by atoms with E-state index in [1.165, 1.54) is 33.6 Å². The molecule has 0 aliphatic rings. The van der Waals surface area contributed by atoms with Gasteiger partial charge in [0.15, 0.2) is 0 Å². The third-order valence-electron chi connectivity index (χ3n) is 5.31. The molecule has 2 nitrogen and oxygen atoms in total. The van der Waals surface area contributed by atoms with Crippen LogP contribution in [0.1, 0.15) is 22.3 Å². The van der Waals surface area contributed by atoms with Crippen molar-refractivity contribution in [1.82, 2.24) is 0 Å². The summed E-state index contributed by atoms with van der Waals surface area (Å²) in [6.45, 7) is 5.86. The van der Waals surface area contributed by atoms with E-state index >= 15 is 0 Å². The largest absolute Gasteiger partial charge is 0.281 e. The summed E-state index contributed by atoms with van der Waals surface area (Å²) in [5.74, 6) is 0. The van der Waals surface area contributed by atoms with Gasteiger partial charge in [-0.1, -0.05) is 96.1 Å². The van der Waals surface area contributed by atoms with Crippen LogP contribution < -0.4 is 10.0 Å². The number of anilines is 2. The zero-order chi connectivity index (χ0) is 20.8. The molecular weight excluding hydrogens is 364 g/mol. The maximum Gasteiger partial charge on any atom is 0.0646 e. The third-order valence-corrected chi connectivity index (χ3v) is 5.31. The molecule has 0 atom stereocenters. The summed E-state index contributed by atoms with van der Waals surface area (Å²) in [4.78, 5) is 0. The van der Waals surface area contributed by atoms with Gasteiger partial charge in [0.05, 0.1) is 24.5 Å². The Bertz CT molecular complexity index is 950. The molecule has 0 saturated carbocycles. The van der Waals surface area contributed by atoms with Gasteiger partial charge >= 0.3 is 0 Å². The van der Waals surface area contributed by atoms with Gasteiger partial charge in [-0.05, 0) is 49.2 Å². The Hall–Kier alpha value is -3.52. The summed E-state index contributed by atoms with van der Waals surface area (Å²) in [5, 5.41) is 4.76. The first-order valence-corrected chi connectivity index (χ1v) is 10.5. The van der Waals surface area contributed by atoms with E-state index in [1.807, 2.05) is 0 Å². The van der Waals surface area contributed by atoms with E-state index in [2.05, 4.69) is 133 Å². The normalized spacial score (nSPS) is 10.6. The molecule has 0 amide bonds. The van der Waals surface area contributed by atoms with Gasteiger partial charge in [-0.3, -0.25) is 10.0 Å². The topological polar surface area (TPSA) is 6.48 Å². The summed E-state index contributed by atoms with van der Waals surface area (Å²) in [7, 11) is 0. The molecule has 0 aliphatic heterocycles. The highest BCUT2D eigenvalue weighted by Gasteiger charge is 2.18. The Kier molecular flexibility index (Phi) is 6.14. The molecule has 4 rings (SSSR count). The summed E-state index contributed by atoms with van der Waals surface area (Å²) in [6.07, 6.45) is 0. The standard InChI is InChI=1S/C28H28N2/c1-23-13-17-27(18-14-23)29(21-25-9-5-3-6-10-25)30(22-26-11-7-4-8-12-26)28-19-15-24(2)16-20-28/h3-20H,21-22H2,1-2H3. The van der Waals surface area contributed by atoms with Gasteiger partial charge in [-0.2, -0.15) is 0 Å². The summed E-state index contributed by atoms with van der Waals surface area (Å²) in [5.41, 5.74) is 7.46. The lowest BCUT2D eigenvalue weighted by Gasteiger charge is -2.39. The number of aryl methyl sites for hydroxylation is 2. The van der Waals surface area contributed by atoms with Crippen LogP contribution in [0.3, 0.4) is 0 Å². The molecule has 2 heteroatoms. The van der Waals surface area contributed by atoms with Gasteiger partial charge in [0.2, 0.25) is 0 Å². The number of hydrogen-bond donors (Lipinski definition) is 0. The minimum atomic E-state index is 0.796. The zero-order valence-corrected chi connectivity index (χ0v) is 17.7. The fourth-order valence-electron chi connectivity index (χ4n) is 3.58. The second kappa shape index (κ2) is 9.32. The van der Waals surface area contributed by atoms with Crippen molar-refractivity contribution >= 4 is 11.4 Å². The summed E-state index contributed by atoms with van der Waals surface area (Å²) in [6, 6.07) is 38.9. The second-order valence-electron chi connectivity index (χ2n) is 7.76. The second-order valence-corrected chi connectivity index (χ2v) is 7.76. The Morgan fingerprint density at radius 1 is 0.433 bits per heavy atom. The monoisotopic (exact) mass is 392 g/mol. The Balaban J connectivity index is 1.78. The van der Waals surface area contributed by atoms with Gasteiger partial charge in [0.25, 0.3) is 0 Å². The van der Waals surface area contributed by atoms with Gasteiger partial charge in [-0.25, -0.2) is 0 Å².